The molecule has 1 fully saturated rings. The van der Waals surface area contributed by atoms with Gasteiger partial charge in [-0.15, -0.1) is 24.8 Å². The molecular weight excluding hydrogens is 339 g/mol. The molecule has 2 amide bonds. The average Bonchev–Trinajstić information content (AvgIpc) is 2.48. The van der Waals surface area contributed by atoms with E-state index in [2.05, 4.69) is 10.2 Å². The van der Waals surface area contributed by atoms with Gasteiger partial charge in [-0.05, 0) is 20.9 Å². The summed E-state index contributed by atoms with van der Waals surface area (Å²) in [6.45, 7) is 11.7. The Balaban J connectivity index is 0. The average molecular weight is 371 g/mol. The molecule has 1 heterocycles. The molecule has 23 heavy (non-hydrogen) atoms. The first-order valence-electron chi connectivity index (χ1n) is 7.96. The van der Waals surface area contributed by atoms with Crippen LogP contribution in [0.1, 0.15) is 20.8 Å². The van der Waals surface area contributed by atoms with Crippen LogP contribution < -0.4 is 5.32 Å². The molecule has 138 valence electrons. The van der Waals surface area contributed by atoms with Crippen molar-refractivity contribution in [3.63, 3.8) is 0 Å². The van der Waals surface area contributed by atoms with Gasteiger partial charge in [-0.3, -0.25) is 14.5 Å². The molecule has 0 aliphatic carbocycles. The lowest BCUT2D eigenvalue weighted by Gasteiger charge is -2.36. The normalized spacial score (nSPS) is 16.1. The van der Waals surface area contributed by atoms with Crippen molar-refractivity contribution in [1.82, 2.24) is 20.0 Å². The van der Waals surface area contributed by atoms with Gasteiger partial charge in [0, 0.05) is 51.7 Å². The summed E-state index contributed by atoms with van der Waals surface area (Å²) in [5, 5.41) is 3.04. The van der Waals surface area contributed by atoms with Gasteiger partial charge in [0.15, 0.2) is 0 Å². The summed E-state index contributed by atoms with van der Waals surface area (Å²) < 4.78 is 0. The largest absolute Gasteiger partial charge is 0.342 e. The van der Waals surface area contributed by atoms with E-state index in [0.717, 1.165) is 39.3 Å². The molecule has 1 unspecified atom stereocenters. The third-order valence-electron chi connectivity index (χ3n) is 4.09. The van der Waals surface area contributed by atoms with Gasteiger partial charge in [-0.1, -0.05) is 6.92 Å². The lowest BCUT2D eigenvalue weighted by molar-refractivity contribution is -0.137. The van der Waals surface area contributed by atoms with Crippen molar-refractivity contribution in [3.05, 3.63) is 0 Å². The standard InChI is InChI=1S/C15H30N4O2.2ClH/c1-5-18(6-2)14(20)12-17-7-9-19(10-8-17)15(21)13(3)11-16-4;;/h13,16H,5-12H2,1-4H3;2*1H. The number of likely N-dealkylation sites (N-methyl/N-ethyl adjacent to an activating group) is 1. The van der Waals surface area contributed by atoms with Crippen LogP contribution in [0.5, 0.6) is 0 Å². The van der Waals surface area contributed by atoms with Crippen LogP contribution in [0.25, 0.3) is 0 Å². The maximum absolute atomic E-state index is 12.2. The zero-order valence-electron chi connectivity index (χ0n) is 14.7. The molecule has 0 spiro atoms. The van der Waals surface area contributed by atoms with Gasteiger partial charge in [0.1, 0.15) is 0 Å². The van der Waals surface area contributed by atoms with E-state index in [4.69, 9.17) is 0 Å². The second kappa shape index (κ2) is 12.8. The van der Waals surface area contributed by atoms with Crippen LogP contribution in [0.3, 0.4) is 0 Å². The highest BCUT2D eigenvalue weighted by atomic mass is 35.5. The summed E-state index contributed by atoms with van der Waals surface area (Å²) in [5.41, 5.74) is 0. The third-order valence-corrected chi connectivity index (χ3v) is 4.09. The van der Waals surface area contributed by atoms with Crippen LogP contribution in [-0.2, 0) is 9.59 Å². The van der Waals surface area contributed by atoms with Crippen LogP contribution in [-0.4, -0.2) is 85.9 Å². The summed E-state index contributed by atoms with van der Waals surface area (Å²) in [6, 6.07) is 0. The van der Waals surface area contributed by atoms with E-state index in [-0.39, 0.29) is 42.5 Å². The SMILES string of the molecule is CCN(CC)C(=O)CN1CCN(C(=O)C(C)CNC)CC1.Cl.Cl. The fraction of sp³-hybridized carbons (Fsp3) is 0.867. The predicted octanol–water partition coefficient (Wildman–Crippen LogP) is 0.698. The predicted molar refractivity (Wildman–Crippen MR) is 98.5 cm³/mol. The molecule has 0 aromatic rings. The molecule has 0 saturated carbocycles. The third kappa shape index (κ3) is 7.70. The van der Waals surface area contributed by atoms with Crippen LogP contribution in [0, 0.1) is 5.92 Å². The van der Waals surface area contributed by atoms with E-state index in [1.54, 1.807) is 0 Å². The van der Waals surface area contributed by atoms with Gasteiger partial charge < -0.3 is 15.1 Å². The molecule has 6 nitrogen and oxygen atoms in total. The first-order chi connectivity index (χ1) is 10.0. The highest BCUT2D eigenvalue weighted by Gasteiger charge is 2.25. The molecule has 1 saturated heterocycles. The number of amides is 2. The first kappa shape index (κ1) is 24.7. The maximum atomic E-state index is 12.2. The van der Waals surface area contributed by atoms with E-state index >= 15 is 0 Å². The van der Waals surface area contributed by atoms with E-state index in [9.17, 15) is 9.59 Å². The van der Waals surface area contributed by atoms with Crippen molar-refractivity contribution < 1.29 is 9.59 Å². The van der Waals surface area contributed by atoms with Crippen LogP contribution in [0.2, 0.25) is 0 Å². The minimum Gasteiger partial charge on any atom is -0.342 e. The number of piperazine rings is 1. The molecule has 1 atom stereocenters. The number of nitrogens with one attached hydrogen (secondary N) is 1. The molecule has 1 rings (SSSR count). The molecule has 0 bridgehead atoms. The van der Waals surface area contributed by atoms with Gasteiger partial charge in [0.05, 0.1) is 6.54 Å². The Morgan fingerprint density at radius 1 is 1.09 bits per heavy atom. The minimum atomic E-state index is 0. The van der Waals surface area contributed by atoms with E-state index in [0.29, 0.717) is 13.1 Å². The number of hydrogen-bond donors (Lipinski definition) is 1. The molecule has 0 aromatic heterocycles. The Morgan fingerprint density at radius 3 is 2.04 bits per heavy atom. The minimum absolute atomic E-state index is 0. The van der Waals surface area contributed by atoms with Crippen LogP contribution in [0.15, 0.2) is 0 Å². The monoisotopic (exact) mass is 370 g/mol. The Kier molecular flexibility index (Phi) is 13.8. The Hall–Kier alpha value is -0.560. The Bertz CT molecular complexity index is 346. The van der Waals surface area contributed by atoms with Crippen molar-refractivity contribution in [2.45, 2.75) is 20.8 Å². The van der Waals surface area contributed by atoms with Crippen molar-refractivity contribution in [1.29, 1.82) is 0 Å². The van der Waals surface area contributed by atoms with Gasteiger partial charge in [0.25, 0.3) is 0 Å². The summed E-state index contributed by atoms with van der Waals surface area (Å²) in [7, 11) is 1.86. The van der Waals surface area contributed by atoms with E-state index < -0.39 is 0 Å². The topological polar surface area (TPSA) is 55.9 Å². The summed E-state index contributed by atoms with van der Waals surface area (Å²) >= 11 is 0. The zero-order valence-corrected chi connectivity index (χ0v) is 16.3. The van der Waals surface area contributed by atoms with Crippen molar-refractivity contribution in [3.8, 4) is 0 Å². The highest BCUT2D eigenvalue weighted by molar-refractivity contribution is 5.85. The van der Waals surface area contributed by atoms with Gasteiger partial charge in [-0.25, -0.2) is 0 Å². The molecule has 8 heteroatoms. The van der Waals surface area contributed by atoms with Crippen molar-refractivity contribution in [2.24, 2.45) is 5.92 Å². The Labute approximate surface area is 152 Å². The molecule has 1 N–H and O–H groups in total. The molecule has 1 aliphatic heterocycles. The fourth-order valence-electron chi connectivity index (χ4n) is 2.70. The summed E-state index contributed by atoms with van der Waals surface area (Å²) in [6.07, 6.45) is 0. The first-order valence-corrected chi connectivity index (χ1v) is 7.96. The van der Waals surface area contributed by atoms with Crippen LogP contribution in [0.4, 0.5) is 0 Å². The summed E-state index contributed by atoms with van der Waals surface area (Å²) in [4.78, 5) is 30.2. The quantitative estimate of drug-likeness (QED) is 0.716. The molecule has 0 radical (unpaired) electrons. The second-order valence-electron chi connectivity index (χ2n) is 5.63. The number of nitrogens with zero attached hydrogens (tertiary/aromatic N) is 3. The van der Waals surface area contributed by atoms with Gasteiger partial charge in [0.2, 0.25) is 11.8 Å². The molecule has 1 aliphatic rings. The smallest absolute Gasteiger partial charge is 0.236 e. The molecule has 0 aromatic carbocycles. The van der Waals surface area contributed by atoms with E-state index in [1.807, 2.05) is 37.6 Å². The second-order valence-corrected chi connectivity index (χ2v) is 5.63. The van der Waals surface area contributed by atoms with Crippen molar-refractivity contribution >= 4 is 36.6 Å². The number of halogens is 2. The number of rotatable bonds is 7. The highest BCUT2D eigenvalue weighted by Crippen LogP contribution is 2.07. The molecular formula is C15H32Cl2N4O2. The lowest BCUT2D eigenvalue weighted by atomic mass is 10.1. The number of carbonyl (C=O) groups is 2. The zero-order chi connectivity index (χ0) is 15.8. The number of hydrogen-bond acceptors (Lipinski definition) is 4. The van der Waals surface area contributed by atoms with Gasteiger partial charge >= 0.3 is 0 Å². The Morgan fingerprint density at radius 2 is 1.61 bits per heavy atom. The van der Waals surface area contributed by atoms with E-state index in [1.165, 1.54) is 0 Å². The number of carbonyl (C=O) groups excluding carboxylic acids is 2. The van der Waals surface area contributed by atoms with Crippen molar-refractivity contribution in [2.75, 3.05) is 59.4 Å². The summed E-state index contributed by atoms with van der Waals surface area (Å²) in [5.74, 6) is 0.404. The van der Waals surface area contributed by atoms with Gasteiger partial charge in [-0.2, -0.15) is 0 Å². The maximum Gasteiger partial charge on any atom is 0.236 e. The van der Waals surface area contributed by atoms with Crippen LogP contribution >= 0.6 is 24.8 Å². The lowest BCUT2D eigenvalue weighted by Crippen LogP contribution is -2.53. The fourth-order valence-corrected chi connectivity index (χ4v) is 2.70.